The Morgan fingerprint density at radius 3 is 2.66 bits per heavy atom. The van der Waals surface area contributed by atoms with Gasteiger partial charge < -0.3 is 9.15 Å². The van der Waals surface area contributed by atoms with E-state index in [1.807, 2.05) is 50.2 Å². The Labute approximate surface area is 171 Å². The predicted octanol–water partition coefficient (Wildman–Crippen LogP) is 4.55. The first-order chi connectivity index (χ1) is 14.0. The lowest BCUT2D eigenvalue weighted by Gasteiger charge is -2.08. The molecule has 7 nitrogen and oxygen atoms in total. The van der Waals surface area contributed by atoms with Gasteiger partial charge in [0.2, 0.25) is 5.89 Å². The molecule has 8 heteroatoms. The van der Waals surface area contributed by atoms with E-state index in [0.717, 1.165) is 17.0 Å². The van der Waals surface area contributed by atoms with Crippen molar-refractivity contribution < 1.29 is 13.9 Å². The van der Waals surface area contributed by atoms with Gasteiger partial charge in [-0.2, -0.15) is 5.10 Å². The first-order valence-electron chi connectivity index (χ1n) is 8.88. The number of carbonyl (C=O) groups excluding carboxylic acids is 1. The minimum absolute atomic E-state index is 0.0171. The van der Waals surface area contributed by atoms with Crippen molar-refractivity contribution in [1.29, 1.82) is 0 Å². The summed E-state index contributed by atoms with van der Waals surface area (Å²) in [5.41, 5.74) is 3.09. The molecule has 0 atom stereocenters. The quantitative estimate of drug-likeness (QED) is 0.450. The number of esters is 1. The molecule has 4 rings (SSSR count). The van der Waals surface area contributed by atoms with E-state index in [2.05, 4.69) is 15.1 Å². The summed E-state index contributed by atoms with van der Waals surface area (Å²) in [7, 11) is 0. The summed E-state index contributed by atoms with van der Waals surface area (Å²) in [6.45, 7) is 3.73. The molecule has 146 valence electrons. The first-order valence-corrected chi connectivity index (χ1v) is 9.26. The average molecular weight is 409 g/mol. The average Bonchev–Trinajstić information content (AvgIpc) is 3.33. The summed E-state index contributed by atoms with van der Waals surface area (Å²) < 4.78 is 12.4. The van der Waals surface area contributed by atoms with Gasteiger partial charge >= 0.3 is 5.97 Å². The Hall–Kier alpha value is -3.45. The maximum Gasteiger partial charge on any atom is 0.358 e. The Kier molecular flexibility index (Phi) is 5.14. The molecule has 0 N–H and O–H groups in total. The highest BCUT2D eigenvalue weighted by Gasteiger charge is 2.18. The summed E-state index contributed by atoms with van der Waals surface area (Å²) in [5.74, 6) is 0.293. The van der Waals surface area contributed by atoms with Crippen LogP contribution in [0.3, 0.4) is 0 Å². The van der Waals surface area contributed by atoms with Crippen LogP contribution in [0.2, 0.25) is 5.02 Å². The molecule has 0 saturated carbocycles. The smallest absolute Gasteiger partial charge is 0.358 e. The zero-order valence-corrected chi connectivity index (χ0v) is 16.6. The van der Waals surface area contributed by atoms with E-state index in [4.69, 9.17) is 20.8 Å². The summed E-state index contributed by atoms with van der Waals surface area (Å²) in [6, 6.07) is 14.7. The second-order valence-corrected chi connectivity index (χ2v) is 6.83. The van der Waals surface area contributed by atoms with Gasteiger partial charge in [-0.3, -0.25) is 0 Å². The standard InChI is InChI=1S/C21H17ClN4O3/c1-13-10-14(2)26(25-13)18-9-8-17(22)19(24-18)21(27)29-12-16-11-28-20(23-16)15-6-4-3-5-7-15/h3-11H,12H2,1-2H3. The number of oxazole rings is 1. The molecule has 0 bridgehead atoms. The van der Waals surface area contributed by atoms with Crippen molar-refractivity contribution in [1.82, 2.24) is 19.7 Å². The maximum absolute atomic E-state index is 12.5. The number of hydrogen-bond acceptors (Lipinski definition) is 6. The molecule has 0 saturated heterocycles. The van der Waals surface area contributed by atoms with Crippen molar-refractivity contribution in [2.75, 3.05) is 0 Å². The number of carbonyl (C=O) groups is 1. The van der Waals surface area contributed by atoms with E-state index in [-0.39, 0.29) is 17.3 Å². The van der Waals surface area contributed by atoms with Gasteiger partial charge in [0.05, 0.1) is 10.7 Å². The molecule has 3 aromatic heterocycles. The predicted molar refractivity (Wildman–Crippen MR) is 107 cm³/mol. The molecule has 0 fully saturated rings. The molecule has 0 aliphatic heterocycles. The van der Waals surface area contributed by atoms with Crippen molar-refractivity contribution in [3.05, 3.63) is 82.6 Å². The minimum atomic E-state index is -0.650. The van der Waals surface area contributed by atoms with E-state index in [0.29, 0.717) is 17.4 Å². The third-order valence-corrected chi connectivity index (χ3v) is 4.48. The molecular formula is C21H17ClN4O3. The van der Waals surface area contributed by atoms with Crippen LogP contribution in [0.25, 0.3) is 17.3 Å². The van der Waals surface area contributed by atoms with Crippen LogP contribution in [0.5, 0.6) is 0 Å². The Morgan fingerprint density at radius 2 is 1.93 bits per heavy atom. The van der Waals surface area contributed by atoms with Crippen LogP contribution in [-0.2, 0) is 11.3 Å². The van der Waals surface area contributed by atoms with E-state index in [1.165, 1.54) is 6.26 Å². The fourth-order valence-corrected chi connectivity index (χ4v) is 3.03. The highest BCUT2D eigenvalue weighted by molar-refractivity contribution is 6.33. The van der Waals surface area contributed by atoms with Crippen LogP contribution in [0.1, 0.15) is 27.6 Å². The highest BCUT2D eigenvalue weighted by Crippen LogP contribution is 2.21. The number of hydrogen-bond donors (Lipinski definition) is 0. The number of aryl methyl sites for hydroxylation is 2. The first kappa shape index (κ1) is 18.9. The van der Waals surface area contributed by atoms with Crippen molar-refractivity contribution in [2.45, 2.75) is 20.5 Å². The Balaban J connectivity index is 1.50. The van der Waals surface area contributed by atoms with Gasteiger partial charge in [-0.25, -0.2) is 19.4 Å². The third-order valence-electron chi connectivity index (χ3n) is 4.17. The van der Waals surface area contributed by atoms with Crippen LogP contribution < -0.4 is 0 Å². The van der Waals surface area contributed by atoms with Crippen molar-refractivity contribution in [3.63, 3.8) is 0 Å². The van der Waals surface area contributed by atoms with Crippen LogP contribution in [0, 0.1) is 13.8 Å². The molecule has 0 amide bonds. The molecule has 1 aromatic carbocycles. The van der Waals surface area contributed by atoms with E-state index in [1.54, 1.807) is 16.8 Å². The molecular weight excluding hydrogens is 392 g/mol. The lowest BCUT2D eigenvalue weighted by atomic mass is 10.2. The van der Waals surface area contributed by atoms with Crippen molar-refractivity contribution in [2.24, 2.45) is 0 Å². The summed E-state index contributed by atoms with van der Waals surface area (Å²) in [6.07, 6.45) is 1.46. The number of benzene rings is 1. The van der Waals surface area contributed by atoms with Gasteiger partial charge in [0.25, 0.3) is 0 Å². The third kappa shape index (κ3) is 4.05. The summed E-state index contributed by atoms with van der Waals surface area (Å²) in [4.78, 5) is 21.2. The molecule has 0 spiro atoms. The van der Waals surface area contributed by atoms with Crippen LogP contribution in [0.15, 0.2) is 59.2 Å². The number of aromatic nitrogens is 4. The molecule has 0 aliphatic carbocycles. The van der Waals surface area contributed by atoms with Gasteiger partial charge in [0.1, 0.15) is 18.6 Å². The molecule has 0 radical (unpaired) electrons. The number of nitrogens with zero attached hydrogens (tertiary/aromatic N) is 4. The van der Waals surface area contributed by atoms with E-state index >= 15 is 0 Å². The zero-order chi connectivity index (χ0) is 20.4. The molecule has 0 unspecified atom stereocenters. The van der Waals surface area contributed by atoms with Gasteiger partial charge in [0.15, 0.2) is 11.5 Å². The lowest BCUT2D eigenvalue weighted by molar-refractivity contribution is 0.0461. The Bertz CT molecular complexity index is 1170. The minimum Gasteiger partial charge on any atom is -0.454 e. The van der Waals surface area contributed by atoms with Crippen LogP contribution in [-0.4, -0.2) is 25.7 Å². The van der Waals surface area contributed by atoms with Gasteiger partial charge in [-0.15, -0.1) is 0 Å². The monoisotopic (exact) mass is 408 g/mol. The number of pyridine rings is 1. The van der Waals surface area contributed by atoms with Gasteiger partial charge in [0, 0.05) is 11.3 Å². The molecule has 3 heterocycles. The van der Waals surface area contributed by atoms with E-state index in [9.17, 15) is 4.79 Å². The second-order valence-electron chi connectivity index (χ2n) is 6.42. The van der Waals surface area contributed by atoms with Crippen LogP contribution >= 0.6 is 11.6 Å². The molecule has 29 heavy (non-hydrogen) atoms. The van der Waals surface area contributed by atoms with E-state index < -0.39 is 5.97 Å². The highest BCUT2D eigenvalue weighted by atomic mass is 35.5. The SMILES string of the molecule is Cc1cc(C)n(-c2ccc(Cl)c(C(=O)OCc3coc(-c4ccccc4)n3)n2)n1. The zero-order valence-electron chi connectivity index (χ0n) is 15.8. The topological polar surface area (TPSA) is 83.0 Å². The van der Waals surface area contributed by atoms with Crippen molar-refractivity contribution >= 4 is 17.6 Å². The maximum atomic E-state index is 12.5. The second kappa shape index (κ2) is 7.89. The van der Waals surface area contributed by atoms with Crippen molar-refractivity contribution in [3.8, 4) is 17.3 Å². The van der Waals surface area contributed by atoms with Crippen LogP contribution in [0.4, 0.5) is 0 Å². The van der Waals surface area contributed by atoms with Gasteiger partial charge in [-0.1, -0.05) is 29.8 Å². The largest absolute Gasteiger partial charge is 0.454 e. The number of ether oxygens (including phenoxy) is 1. The lowest BCUT2D eigenvalue weighted by Crippen LogP contribution is -2.11. The van der Waals surface area contributed by atoms with Gasteiger partial charge in [-0.05, 0) is 44.2 Å². The number of rotatable bonds is 5. The fourth-order valence-electron chi connectivity index (χ4n) is 2.85. The normalized spacial score (nSPS) is 10.9. The Morgan fingerprint density at radius 1 is 1.14 bits per heavy atom. The number of halogens is 1. The summed E-state index contributed by atoms with van der Waals surface area (Å²) in [5, 5.41) is 4.57. The fraction of sp³-hybridized carbons (Fsp3) is 0.143. The molecule has 4 aromatic rings. The molecule has 0 aliphatic rings. The summed E-state index contributed by atoms with van der Waals surface area (Å²) >= 11 is 6.16.